The summed E-state index contributed by atoms with van der Waals surface area (Å²) < 4.78 is 6.04. The lowest BCUT2D eigenvalue weighted by Gasteiger charge is -2.03. The van der Waals surface area contributed by atoms with E-state index in [0.717, 1.165) is 41.1 Å². The second-order valence-electron chi connectivity index (χ2n) is 5.38. The molecule has 2 aromatic carbocycles. The molecule has 23 heavy (non-hydrogen) atoms. The Kier molecular flexibility index (Phi) is 4.24. The van der Waals surface area contributed by atoms with Gasteiger partial charge in [-0.25, -0.2) is 0 Å². The molecule has 0 atom stereocenters. The molecule has 0 amide bonds. The van der Waals surface area contributed by atoms with Gasteiger partial charge in [0, 0.05) is 29.7 Å². The number of nitro groups is 1. The fourth-order valence-corrected chi connectivity index (χ4v) is 2.59. The molecule has 0 saturated carbocycles. The van der Waals surface area contributed by atoms with E-state index in [2.05, 4.69) is 6.92 Å². The lowest BCUT2D eigenvalue weighted by Crippen LogP contribution is -1.87. The average Bonchev–Trinajstić information content (AvgIpc) is 3.00. The number of nitrogens with zero attached hydrogens (tertiary/aromatic N) is 1. The molecule has 0 bridgehead atoms. The second-order valence-corrected chi connectivity index (χ2v) is 5.38. The number of hydrogen-bond acceptors (Lipinski definition) is 3. The quantitative estimate of drug-likeness (QED) is 0.463. The van der Waals surface area contributed by atoms with Gasteiger partial charge in [0.15, 0.2) is 0 Å². The molecule has 0 aliphatic carbocycles. The van der Waals surface area contributed by atoms with Crippen molar-refractivity contribution in [2.75, 3.05) is 0 Å². The molecule has 3 aromatic rings. The van der Waals surface area contributed by atoms with Crippen molar-refractivity contribution in [3.05, 3.63) is 76.5 Å². The first-order valence-corrected chi connectivity index (χ1v) is 7.62. The molecule has 0 saturated heterocycles. The highest BCUT2D eigenvalue weighted by atomic mass is 16.6. The Balaban J connectivity index is 2.08. The first-order chi connectivity index (χ1) is 11.2. The van der Waals surface area contributed by atoms with Crippen LogP contribution in [-0.2, 0) is 6.42 Å². The molecule has 1 heterocycles. The molecule has 0 radical (unpaired) electrons. The van der Waals surface area contributed by atoms with E-state index >= 15 is 0 Å². The van der Waals surface area contributed by atoms with Crippen LogP contribution >= 0.6 is 0 Å². The zero-order valence-electron chi connectivity index (χ0n) is 12.9. The van der Waals surface area contributed by atoms with Gasteiger partial charge < -0.3 is 4.42 Å². The monoisotopic (exact) mass is 307 g/mol. The van der Waals surface area contributed by atoms with Crippen LogP contribution in [0.5, 0.6) is 0 Å². The van der Waals surface area contributed by atoms with E-state index in [4.69, 9.17) is 4.42 Å². The summed E-state index contributed by atoms with van der Waals surface area (Å²) in [6.45, 7) is 2.11. The van der Waals surface area contributed by atoms with Gasteiger partial charge in [-0.15, -0.1) is 0 Å². The Morgan fingerprint density at radius 1 is 1.00 bits per heavy atom. The summed E-state index contributed by atoms with van der Waals surface area (Å²) in [4.78, 5) is 10.4. The van der Waals surface area contributed by atoms with E-state index in [-0.39, 0.29) is 10.6 Å². The van der Waals surface area contributed by atoms with E-state index in [1.165, 1.54) is 12.1 Å². The maximum atomic E-state index is 10.8. The third kappa shape index (κ3) is 3.16. The first-order valence-electron chi connectivity index (χ1n) is 7.62. The molecular formula is C19H17NO3. The highest BCUT2D eigenvalue weighted by Gasteiger charge is 2.15. The summed E-state index contributed by atoms with van der Waals surface area (Å²) in [6, 6.07) is 18.5. The van der Waals surface area contributed by atoms with Crippen molar-refractivity contribution in [1.29, 1.82) is 0 Å². The maximum Gasteiger partial charge on any atom is 0.269 e. The van der Waals surface area contributed by atoms with E-state index in [9.17, 15) is 10.1 Å². The summed E-state index contributed by atoms with van der Waals surface area (Å²) in [6.07, 6.45) is 1.87. The molecule has 4 heteroatoms. The fourth-order valence-electron chi connectivity index (χ4n) is 2.59. The first kappa shape index (κ1) is 15.0. The molecule has 0 aliphatic heterocycles. The van der Waals surface area contributed by atoms with Crippen molar-refractivity contribution >= 4 is 5.69 Å². The number of aryl methyl sites for hydroxylation is 1. The number of rotatable bonds is 5. The van der Waals surface area contributed by atoms with E-state index < -0.39 is 0 Å². The van der Waals surface area contributed by atoms with Gasteiger partial charge in [-0.2, -0.15) is 0 Å². The lowest BCUT2D eigenvalue weighted by atomic mass is 10.0. The maximum absolute atomic E-state index is 10.8. The van der Waals surface area contributed by atoms with Crippen LogP contribution in [-0.4, -0.2) is 4.92 Å². The van der Waals surface area contributed by atoms with Crippen molar-refractivity contribution in [3.63, 3.8) is 0 Å². The average molecular weight is 307 g/mol. The van der Waals surface area contributed by atoms with Crippen LogP contribution in [0.3, 0.4) is 0 Å². The molecule has 3 rings (SSSR count). The third-order valence-corrected chi connectivity index (χ3v) is 3.70. The highest BCUT2D eigenvalue weighted by Crippen LogP contribution is 2.36. The number of furan rings is 1. The second kappa shape index (κ2) is 6.48. The van der Waals surface area contributed by atoms with Crippen LogP contribution in [0.25, 0.3) is 22.5 Å². The van der Waals surface area contributed by atoms with Gasteiger partial charge in [0.25, 0.3) is 5.69 Å². The predicted molar refractivity (Wildman–Crippen MR) is 90.2 cm³/mol. The summed E-state index contributed by atoms with van der Waals surface area (Å²) in [5.41, 5.74) is 2.98. The van der Waals surface area contributed by atoms with E-state index in [1.54, 1.807) is 12.1 Å². The predicted octanol–water partition coefficient (Wildman–Crippen LogP) is 5.47. The van der Waals surface area contributed by atoms with Crippen molar-refractivity contribution in [3.8, 4) is 22.5 Å². The summed E-state index contributed by atoms with van der Waals surface area (Å²) in [7, 11) is 0. The Hall–Kier alpha value is -2.88. The number of nitro benzene ring substituents is 1. The molecule has 0 fully saturated rings. The summed E-state index contributed by atoms with van der Waals surface area (Å²) >= 11 is 0. The number of hydrogen-bond donors (Lipinski definition) is 0. The molecule has 116 valence electrons. The zero-order valence-corrected chi connectivity index (χ0v) is 12.9. The Morgan fingerprint density at radius 2 is 1.70 bits per heavy atom. The van der Waals surface area contributed by atoms with Gasteiger partial charge in [-0.1, -0.05) is 37.3 Å². The smallest absolute Gasteiger partial charge is 0.269 e. The molecule has 0 aliphatic rings. The van der Waals surface area contributed by atoms with E-state index in [0.29, 0.717) is 0 Å². The minimum Gasteiger partial charge on any atom is -0.460 e. The molecule has 0 N–H and O–H groups in total. The topological polar surface area (TPSA) is 56.3 Å². The zero-order chi connectivity index (χ0) is 16.2. The van der Waals surface area contributed by atoms with Crippen molar-refractivity contribution in [2.45, 2.75) is 19.8 Å². The lowest BCUT2D eigenvalue weighted by molar-refractivity contribution is -0.384. The Labute approximate surface area is 134 Å². The highest BCUT2D eigenvalue weighted by molar-refractivity contribution is 5.80. The molecule has 1 aromatic heterocycles. The van der Waals surface area contributed by atoms with Crippen LogP contribution in [0, 0.1) is 10.1 Å². The van der Waals surface area contributed by atoms with Gasteiger partial charge in [0.1, 0.15) is 11.5 Å². The number of non-ortho nitro benzene ring substituents is 1. The van der Waals surface area contributed by atoms with E-state index in [1.807, 2.05) is 36.4 Å². The standard InChI is InChI=1S/C19H17NO3/c1-2-6-17-13-18(14-9-11-16(12-10-14)20(21)22)19(23-17)15-7-4-3-5-8-15/h3-5,7-13H,2,6H2,1H3. The van der Waals surface area contributed by atoms with Crippen LogP contribution in [0.15, 0.2) is 65.1 Å². The van der Waals surface area contributed by atoms with Crippen LogP contribution in [0.1, 0.15) is 19.1 Å². The normalized spacial score (nSPS) is 10.7. The summed E-state index contributed by atoms with van der Waals surface area (Å²) in [5, 5.41) is 10.8. The molecular weight excluding hydrogens is 290 g/mol. The molecule has 0 unspecified atom stereocenters. The molecule has 4 nitrogen and oxygen atoms in total. The van der Waals surface area contributed by atoms with Gasteiger partial charge in [-0.3, -0.25) is 10.1 Å². The van der Waals surface area contributed by atoms with Crippen molar-refractivity contribution in [1.82, 2.24) is 0 Å². The largest absolute Gasteiger partial charge is 0.460 e. The Bertz CT molecular complexity index is 804. The van der Waals surface area contributed by atoms with Crippen LogP contribution < -0.4 is 0 Å². The van der Waals surface area contributed by atoms with Crippen LogP contribution in [0.4, 0.5) is 5.69 Å². The van der Waals surface area contributed by atoms with Gasteiger partial charge in [0.2, 0.25) is 0 Å². The van der Waals surface area contributed by atoms with Crippen molar-refractivity contribution in [2.24, 2.45) is 0 Å². The van der Waals surface area contributed by atoms with Gasteiger partial charge >= 0.3 is 0 Å². The molecule has 0 spiro atoms. The minimum absolute atomic E-state index is 0.0901. The third-order valence-electron chi connectivity index (χ3n) is 3.70. The van der Waals surface area contributed by atoms with Crippen LogP contribution in [0.2, 0.25) is 0 Å². The van der Waals surface area contributed by atoms with Gasteiger partial charge in [0.05, 0.1) is 4.92 Å². The SMILES string of the molecule is CCCc1cc(-c2ccc([N+](=O)[O-])cc2)c(-c2ccccc2)o1. The Morgan fingerprint density at radius 3 is 2.30 bits per heavy atom. The number of benzene rings is 2. The summed E-state index contributed by atoms with van der Waals surface area (Å²) in [5.74, 6) is 1.74. The van der Waals surface area contributed by atoms with Crippen molar-refractivity contribution < 1.29 is 9.34 Å². The minimum atomic E-state index is -0.389. The fraction of sp³-hybridized carbons (Fsp3) is 0.158. The van der Waals surface area contributed by atoms with Gasteiger partial charge in [-0.05, 0) is 30.2 Å².